The summed E-state index contributed by atoms with van der Waals surface area (Å²) in [5, 5.41) is 5.09. The molecule has 1 heterocycles. The van der Waals surface area contributed by atoms with Crippen LogP contribution in [-0.4, -0.2) is 23.0 Å². The quantitative estimate of drug-likeness (QED) is 0.878. The zero-order chi connectivity index (χ0) is 13.9. The molecule has 0 bridgehead atoms. The monoisotopic (exact) mass is 269 g/mol. The summed E-state index contributed by atoms with van der Waals surface area (Å²) < 4.78 is 0. The third-order valence-corrected chi connectivity index (χ3v) is 4.00. The van der Waals surface area contributed by atoms with Crippen molar-refractivity contribution in [2.75, 3.05) is 0 Å². The minimum Gasteiger partial charge on any atom is -0.346 e. The molecule has 20 heavy (non-hydrogen) atoms. The van der Waals surface area contributed by atoms with Crippen LogP contribution < -0.4 is 11.1 Å². The molecule has 0 spiro atoms. The highest BCUT2D eigenvalue weighted by Gasteiger charge is 2.24. The van der Waals surface area contributed by atoms with Gasteiger partial charge < -0.3 is 11.1 Å². The van der Waals surface area contributed by atoms with E-state index in [1.54, 1.807) is 6.20 Å². The molecular weight excluding hydrogens is 250 g/mol. The average molecular weight is 269 g/mol. The Kier molecular flexibility index (Phi) is 3.65. The van der Waals surface area contributed by atoms with Gasteiger partial charge in [0.2, 0.25) is 0 Å². The van der Waals surface area contributed by atoms with Gasteiger partial charge in [-0.05, 0) is 24.3 Å². The Morgan fingerprint density at radius 1 is 1.20 bits per heavy atom. The zero-order valence-corrected chi connectivity index (χ0v) is 11.4. The molecule has 1 aromatic heterocycles. The maximum atomic E-state index is 12.3. The van der Waals surface area contributed by atoms with Gasteiger partial charge in [-0.15, -0.1) is 0 Å². The predicted octanol–water partition coefficient (Wildman–Crippen LogP) is 2.23. The fraction of sp³-hybridized carbons (Fsp3) is 0.375. The van der Waals surface area contributed by atoms with Gasteiger partial charge in [0, 0.05) is 23.7 Å². The number of fused-ring (bicyclic) bond motifs is 1. The number of benzene rings is 1. The van der Waals surface area contributed by atoms with Crippen LogP contribution in [0.3, 0.4) is 0 Å². The number of amides is 1. The first-order valence-corrected chi connectivity index (χ1v) is 7.15. The van der Waals surface area contributed by atoms with Crippen molar-refractivity contribution in [2.24, 2.45) is 5.73 Å². The van der Waals surface area contributed by atoms with E-state index in [1.165, 1.54) is 0 Å². The number of nitrogens with two attached hydrogens (primary N) is 1. The summed E-state index contributed by atoms with van der Waals surface area (Å²) in [6.07, 6.45) is 5.97. The van der Waals surface area contributed by atoms with Crippen LogP contribution in [-0.2, 0) is 0 Å². The Labute approximate surface area is 118 Å². The van der Waals surface area contributed by atoms with Crippen molar-refractivity contribution in [3.05, 3.63) is 42.2 Å². The van der Waals surface area contributed by atoms with Gasteiger partial charge in [-0.25, -0.2) is 0 Å². The Bertz CT molecular complexity index is 626. The highest BCUT2D eigenvalue weighted by molar-refractivity contribution is 5.96. The molecule has 4 heteroatoms. The summed E-state index contributed by atoms with van der Waals surface area (Å²) in [6.45, 7) is 0. The molecule has 104 valence electrons. The number of pyridine rings is 1. The number of carbonyl (C=O) groups excluding carboxylic acids is 1. The van der Waals surface area contributed by atoms with E-state index in [0.717, 1.165) is 36.5 Å². The van der Waals surface area contributed by atoms with E-state index in [1.807, 2.05) is 30.3 Å². The Morgan fingerprint density at radius 2 is 1.95 bits per heavy atom. The number of hydrogen-bond donors (Lipinski definition) is 2. The molecule has 1 aliphatic rings. The summed E-state index contributed by atoms with van der Waals surface area (Å²) in [7, 11) is 0. The Balaban J connectivity index is 1.78. The topological polar surface area (TPSA) is 68.0 Å². The molecule has 3 N–H and O–H groups in total. The second-order valence-corrected chi connectivity index (χ2v) is 5.44. The van der Waals surface area contributed by atoms with Crippen molar-refractivity contribution in [2.45, 2.75) is 37.8 Å². The van der Waals surface area contributed by atoms with Gasteiger partial charge in [-0.2, -0.15) is 0 Å². The molecule has 1 amide bonds. The van der Waals surface area contributed by atoms with Gasteiger partial charge in [0.1, 0.15) is 5.69 Å². The minimum absolute atomic E-state index is 0.0631. The van der Waals surface area contributed by atoms with E-state index < -0.39 is 0 Å². The van der Waals surface area contributed by atoms with Crippen molar-refractivity contribution in [1.29, 1.82) is 0 Å². The number of nitrogens with zero attached hydrogens (tertiary/aromatic N) is 1. The first-order chi connectivity index (χ1) is 9.74. The van der Waals surface area contributed by atoms with E-state index in [-0.39, 0.29) is 18.0 Å². The molecule has 1 aliphatic carbocycles. The van der Waals surface area contributed by atoms with Crippen LogP contribution in [0.1, 0.15) is 36.2 Å². The van der Waals surface area contributed by atoms with Crippen LogP contribution >= 0.6 is 0 Å². The van der Waals surface area contributed by atoms with Crippen molar-refractivity contribution in [1.82, 2.24) is 10.3 Å². The second kappa shape index (κ2) is 5.59. The van der Waals surface area contributed by atoms with Gasteiger partial charge in [0.15, 0.2) is 0 Å². The van der Waals surface area contributed by atoms with Crippen LogP contribution in [0.15, 0.2) is 36.5 Å². The van der Waals surface area contributed by atoms with Crippen LogP contribution in [0.4, 0.5) is 0 Å². The number of aromatic nitrogens is 1. The smallest absolute Gasteiger partial charge is 0.270 e. The summed E-state index contributed by atoms with van der Waals surface area (Å²) in [4.78, 5) is 16.5. The summed E-state index contributed by atoms with van der Waals surface area (Å²) in [5.41, 5.74) is 6.52. The van der Waals surface area contributed by atoms with E-state index in [0.29, 0.717) is 5.69 Å². The average Bonchev–Trinajstić information content (AvgIpc) is 2.49. The van der Waals surface area contributed by atoms with Gasteiger partial charge in [-0.1, -0.05) is 37.1 Å². The van der Waals surface area contributed by atoms with E-state index in [2.05, 4.69) is 10.3 Å². The Hall–Kier alpha value is -1.94. The van der Waals surface area contributed by atoms with Crippen LogP contribution in [0.2, 0.25) is 0 Å². The first-order valence-electron chi connectivity index (χ1n) is 7.15. The van der Waals surface area contributed by atoms with E-state index >= 15 is 0 Å². The molecule has 0 radical (unpaired) electrons. The van der Waals surface area contributed by atoms with Crippen LogP contribution in [0.5, 0.6) is 0 Å². The molecular formula is C16H19N3O. The standard InChI is InChI=1S/C16H19N3O/c17-13-7-3-4-8-14(13)19-16(20)15-9-11-5-1-2-6-12(11)10-18-15/h1-2,5-6,9-10,13-14H,3-4,7-8,17H2,(H,19,20)/t13-,14-/m0/s1. The minimum atomic E-state index is -0.127. The number of hydrogen-bond acceptors (Lipinski definition) is 3. The maximum absolute atomic E-state index is 12.3. The molecule has 2 aromatic rings. The molecule has 1 fully saturated rings. The number of carbonyl (C=O) groups is 1. The van der Waals surface area contributed by atoms with Crippen molar-refractivity contribution >= 4 is 16.7 Å². The molecule has 0 unspecified atom stereocenters. The van der Waals surface area contributed by atoms with Crippen molar-refractivity contribution in [3.63, 3.8) is 0 Å². The lowest BCUT2D eigenvalue weighted by Gasteiger charge is -2.29. The summed E-state index contributed by atoms with van der Waals surface area (Å²) in [5.74, 6) is -0.127. The lowest BCUT2D eigenvalue weighted by Crippen LogP contribution is -2.49. The highest BCUT2D eigenvalue weighted by Crippen LogP contribution is 2.18. The molecule has 4 nitrogen and oxygen atoms in total. The van der Waals surface area contributed by atoms with Gasteiger partial charge in [-0.3, -0.25) is 9.78 Å². The van der Waals surface area contributed by atoms with Gasteiger partial charge >= 0.3 is 0 Å². The SMILES string of the molecule is N[C@H]1CCCC[C@@H]1NC(=O)c1cc2ccccc2cn1. The first kappa shape index (κ1) is 13.1. The fourth-order valence-electron chi connectivity index (χ4n) is 2.79. The molecule has 2 atom stereocenters. The summed E-state index contributed by atoms with van der Waals surface area (Å²) >= 11 is 0. The van der Waals surface area contributed by atoms with Crippen molar-refractivity contribution < 1.29 is 4.79 Å². The lowest BCUT2D eigenvalue weighted by atomic mass is 9.91. The van der Waals surface area contributed by atoms with Crippen molar-refractivity contribution in [3.8, 4) is 0 Å². The zero-order valence-electron chi connectivity index (χ0n) is 11.4. The molecule has 0 aliphatic heterocycles. The fourth-order valence-corrected chi connectivity index (χ4v) is 2.79. The number of rotatable bonds is 2. The van der Waals surface area contributed by atoms with Crippen LogP contribution in [0, 0.1) is 0 Å². The number of nitrogens with one attached hydrogen (secondary N) is 1. The van der Waals surface area contributed by atoms with Gasteiger partial charge in [0.05, 0.1) is 0 Å². The molecule has 1 saturated carbocycles. The molecule has 1 aromatic carbocycles. The second-order valence-electron chi connectivity index (χ2n) is 5.44. The lowest BCUT2D eigenvalue weighted by molar-refractivity contribution is 0.0916. The summed E-state index contributed by atoms with van der Waals surface area (Å²) in [6, 6.07) is 9.87. The third-order valence-electron chi connectivity index (χ3n) is 4.00. The Morgan fingerprint density at radius 3 is 2.75 bits per heavy atom. The molecule has 0 saturated heterocycles. The molecule has 3 rings (SSSR count). The largest absolute Gasteiger partial charge is 0.346 e. The third kappa shape index (κ3) is 2.65. The van der Waals surface area contributed by atoms with E-state index in [9.17, 15) is 4.79 Å². The predicted molar refractivity (Wildman–Crippen MR) is 79.4 cm³/mol. The van der Waals surface area contributed by atoms with Gasteiger partial charge in [0.25, 0.3) is 5.91 Å². The highest BCUT2D eigenvalue weighted by atomic mass is 16.1. The van der Waals surface area contributed by atoms with E-state index in [4.69, 9.17) is 5.73 Å². The maximum Gasteiger partial charge on any atom is 0.270 e. The van der Waals surface area contributed by atoms with Crippen LogP contribution in [0.25, 0.3) is 10.8 Å². The normalized spacial score (nSPS) is 22.6.